The van der Waals surface area contributed by atoms with Crippen LogP contribution in [-0.2, 0) is 4.79 Å². The van der Waals surface area contributed by atoms with Crippen molar-refractivity contribution in [3.63, 3.8) is 0 Å². The fourth-order valence-corrected chi connectivity index (χ4v) is 2.23. The van der Waals surface area contributed by atoms with Crippen molar-refractivity contribution in [2.75, 3.05) is 11.9 Å². The Balaban J connectivity index is 2.04. The lowest BCUT2D eigenvalue weighted by molar-refractivity contribution is -0.107. The minimum atomic E-state index is -0.437. The van der Waals surface area contributed by atoms with Crippen LogP contribution >= 0.6 is 22.9 Å². The van der Waals surface area contributed by atoms with Crippen LogP contribution < -0.4 is 5.32 Å². The number of halogens is 1. The van der Waals surface area contributed by atoms with Crippen LogP contribution in [-0.4, -0.2) is 28.2 Å². The molecule has 0 saturated carbocycles. The summed E-state index contributed by atoms with van der Waals surface area (Å²) in [4.78, 5) is 18.6. The molecule has 0 fully saturated rings. The number of hydrogen-bond donors (Lipinski definition) is 1. The van der Waals surface area contributed by atoms with Gasteiger partial charge in [-0.2, -0.15) is 0 Å². The van der Waals surface area contributed by atoms with Gasteiger partial charge in [0, 0.05) is 6.54 Å². The number of aldehydes is 1. The third kappa shape index (κ3) is 2.48. The van der Waals surface area contributed by atoms with Gasteiger partial charge in [0.25, 0.3) is 0 Å². The van der Waals surface area contributed by atoms with Crippen LogP contribution in [0.2, 0.25) is 0 Å². The number of anilines is 1. The summed E-state index contributed by atoms with van der Waals surface area (Å²) in [6.45, 7) is 0.622. The van der Waals surface area contributed by atoms with Crippen LogP contribution in [0.1, 0.15) is 6.42 Å². The van der Waals surface area contributed by atoms with Crippen molar-refractivity contribution in [1.29, 1.82) is 0 Å². The average Bonchev–Trinajstić information content (AvgIpc) is 2.77. The first-order valence-electron chi connectivity index (χ1n) is 4.82. The Labute approximate surface area is 102 Å². The zero-order chi connectivity index (χ0) is 11.4. The minimum Gasteiger partial charge on any atom is -0.369 e. The molecule has 2 rings (SSSR count). The van der Waals surface area contributed by atoms with E-state index >= 15 is 0 Å². The molecule has 1 atom stereocenters. The second-order valence-corrected chi connectivity index (χ2v) is 4.70. The van der Waals surface area contributed by atoms with Gasteiger partial charge < -0.3 is 10.1 Å². The number of aromatic nitrogens is 2. The van der Waals surface area contributed by atoms with Crippen molar-refractivity contribution in [3.8, 4) is 0 Å². The molecule has 0 bridgehead atoms. The normalized spacial score (nSPS) is 12.6. The van der Waals surface area contributed by atoms with Gasteiger partial charge >= 0.3 is 0 Å². The molecular formula is C10H10ClN3OS. The van der Waals surface area contributed by atoms with Gasteiger partial charge in [-0.05, 0) is 17.9 Å². The summed E-state index contributed by atoms with van der Waals surface area (Å²) >= 11 is 7.28. The fraction of sp³-hybridized carbons (Fsp3) is 0.300. The number of alkyl halides is 1. The molecule has 6 heteroatoms. The highest BCUT2D eigenvalue weighted by molar-refractivity contribution is 7.17. The van der Waals surface area contributed by atoms with Crippen LogP contribution in [0.25, 0.3) is 10.2 Å². The van der Waals surface area contributed by atoms with E-state index in [2.05, 4.69) is 15.3 Å². The Morgan fingerprint density at radius 2 is 2.44 bits per heavy atom. The maximum atomic E-state index is 10.3. The molecule has 16 heavy (non-hydrogen) atoms. The molecule has 0 saturated heterocycles. The first-order chi connectivity index (χ1) is 7.81. The smallest absolute Gasteiger partial charge is 0.147 e. The molecule has 1 N–H and O–H groups in total. The summed E-state index contributed by atoms with van der Waals surface area (Å²) < 4.78 is 1.03. The number of rotatable bonds is 5. The van der Waals surface area contributed by atoms with E-state index in [4.69, 9.17) is 11.6 Å². The fourth-order valence-electron chi connectivity index (χ4n) is 1.31. The van der Waals surface area contributed by atoms with Gasteiger partial charge in [0.2, 0.25) is 0 Å². The molecule has 0 aliphatic carbocycles. The maximum absolute atomic E-state index is 10.3. The van der Waals surface area contributed by atoms with E-state index in [0.717, 1.165) is 22.3 Å². The lowest BCUT2D eigenvalue weighted by atomic mass is 10.3. The van der Waals surface area contributed by atoms with Gasteiger partial charge in [-0.25, -0.2) is 9.97 Å². The van der Waals surface area contributed by atoms with E-state index in [9.17, 15) is 4.79 Å². The molecule has 0 amide bonds. The zero-order valence-corrected chi connectivity index (χ0v) is 9.96. The molecule has 0 aliphatic heterocycles. The topological polar surface area (TPSA) is 54.9 Å². The molecule has 0 radical (unpaired) electrons. The molecule has 84 valence electrons. The monoisotopic (exact) mass is 255 g/mol. The second-order valence-electron chi connectivity index (χ2n) is 3.22. The van der Waals surface area contributed by atoms with Crippen LogP contribution in [0.3, 0.4) is 0 Å². The molecule has 0 spiro atoms. The first kappa shape index (κ1) is 11.3. The van der Waals surface area contributed by atoms with E-state index in [1.807, 2.05) is 11.4 Å². The Bertz CT molecular complexity index is 488. The number of carbonyl (C=O) groups is 1. The third-order valence-electron chi connectivity index (χ3n) is 2.10. The van der Waals surface area contributed by atoms with E-state index in [-0.39, 0.29) is 0 Å². The van der Waals surface area contributed by atoms with Gasteiger partial charge in [-0.1, -0.05) is 0 Å². The highest BCUT2D eigenvalue weighted by Crippen LogP contribution is 2.24. The van der Waals surface area contributed by atoms with E-state index in [0.29, 0.717) is 13.0 Å². The lowest BCUT2D eigenvalue weighted by Crippen LogP contribution is -2.10. The Kier molecular flexibility index (Phi) is 3.69. The average molecular weight is 256 g/mol. The van der Waals surface area contributed by atoms with Gasteiger partial charge in [0.15, 0.2) is 0 Å². The number of fused-ring (bicyclic) bond motifs is 1. The highest BCUT2D eigenvalue weighted by atomic mass is 35.5. The highest BCUT2D eigenvalue weighted by Gasteiger charge is 2.05. The molecule has 2 heterocycles. The molecule has 0 aliphatic rings. The quantitative estimate of drug-likeness (QED) is 0.658. The molecule has 2 aromatic heterocycles. The minimum absolute atomic E-state index is 0.437. The van der Waals surface area contributed by atoms with Crippen molar-refractivity contribution in [3.05, 3.63) is 17.8 Å². The Morgan fingerprint density at radius 1 is 1.56 bits per heavy atom. The summed E-state index contributed by atoms with van der Waals surface area (Å²) in [6, 6.07) is 1.95. The first-order valence-corrected chi connectivity index (χ1v) is 6.14. The number of nitrogens with zero attached hydrogens (tertiary/aromatic N) is 2. The van der Waals surface area contributed by atoms with Gasteiger partial charge in [0.05, 0.1) is 15.6 Å². The van der Waals surface area contributed by atoms with E-state index in [1.54, 1.807) is 11.3 Å². The number of nitrogens with one attached hydrogen (secondary N) is 1. The summed E-state index contributed by atoms with van der Waals surface area (Å²) in [5.41, 5.74) is 0.931. The van der Waals surface area contributed by atoms with Crippen LogP contribution in [0, 0.1) is 0 Å². The lowest BCUT2D eigenvalue weighted by Gasteiger charge is -2.06. The van der Waals surface area contributed by atoms with E-state index in [1.165, 1.54) is 6.33 Å². The van der Waals surface area contributed by atoms with Gasteiger partial charge in [-0.15, -0.1) is 22.9 Å². The van der Waals surface area contributed by atoms with Crippen molar-refractivity contribution in [1.82, 2.24) is 9.97 Å². The standard InChI is InChI=1S/C10H10ClN3OS/c11-7(5-15)1-3-12-10-9-8(2-4-16-9)13-6-14-10/h2,4-7H,1,3H2,(H,12,13,14). The molecule has 4 nitrogen and oxygen atoms in total. The van der Waals surface area contributed by atoms with Crippen LogP contribution in [0.4, 0.5) is 5.82 Å². The SMILES string of the molecule is O=CC(Cl)CCNc1ncnc2ccsc12. The number of hydrogen-bond acceptors (Lipinski definition) is 5. The summed E-state index contributed by atoms with van der Waals surface area (Å²) in [7, 11) is 0. The molecule has 1 unspecified atom stereocenters. The summed E-state index contributed by atoms with van der Waals surface area (Å²) in [6.07, 6.45) is 2.85. The van der Waals surface area contributed by atoms with Crippen molar-refractivity contribution < 1.29 is 4.79 Å². The van der Waals surface area contributed by atoms with Crippen molar-refractivity contribution >= 4 is 45.3 Å². The predicted octanol–water partition coefficient (Wildman–Crippen LogP) is 2.30. The van der Waals surface area contributed by atoms with E-state index < -0.39 is 5.38 Å². The Morgan fingerprint density at radius 3 is 3.25 bits per heavy atom. The summed E-state index contributed by atoms with van der Waals surface area (Å²) in [5.74, 6) is 0.801. The zero-order valence-electron chi connectivity index (χ0n) is 8.39. The second kappa shape index (κ2) is 5.23. The maximum Gasteiger partial charge on any atom is 0.147 e. The van der Waals surface area contributed by atoms with Gasteiger partial charge in [-0.3, -0.25) is 0 Å². The molecule has 0 aromatic carbocycles. The number of carbonyl (C=O) groups excluding carboxylic acids is 1. The van der Waals surface area contributed by atoms with Gasteiger partial charge in [0.1, 0.15) is 18.4 Å². The largest absolute Gasteiger partial charge is 0.369 e. The van der Waals surface area contributed by atoms with Crippen LogP contribution in [0.5, 0.6) is 0 Å². The van der Waals surface area contributed by atoms with Crippen molar-refractivity contribution in [2.24, 2.45) is 0 Å². The third-order valence-corrected chi connectivity index (χ3v) is 3.33. The Hall–Kier alpha value is -1.20. The number of thiophene rings is 1. The van der Waals surface area contributed by atoms with Crippen LogP contribution in [0.15, 0.2) is 17.8 Å². The molecule has 2 aromatic rings. The summed E-state index contributed by atoms with van der Waals surface area (Å²) in [5, 5.41) is 4.69. The predicted molar refractivity (Wildman–Crippen MR) is 66.2 cm³/mol. The van der Waals surface area contributed by atoms with Crippen molar-refractivity contribution in [2.45, 2.75) is 11.8 Å². The molecular weight excluding hydrogens is 246 g/mol.